The summed E-state index contributed by atoms with van der Waals surface area (Å²) in [4.78, 5) is 6.75. The second-order valence-electron chi connectivity index (χ2n) is 7.19. The number of ether oxygens (including phenoxy) is 2. The maximum absolute atomic E-state index is 6.50. The van der Waals surface area contributed by atoms with Crippen LogP contribution >= 0.6 is 0 Å². The summed E-state index contributed by atoms with van der Waals surface area (Å²) in [6.45, 7) is 8.64. The predicted molar refractivity (Wildman–Crippen MR) is 91.1 cm³/mol. The minimum absolute atomic E-state index is 0.159. The first-order chi connectivity index (χ1) is 12.1. The molecule has 0 unspecified atom stereocenters. The van der Waals surface area contributed by atoms with Gasteiger partial charge in [0.25, 0.3) is 0 Å². The van der Waals surface area contributed by atoms with E-state index in [0.29, 0.717) is 6.61 Å². The smallest absolute Gasteiger partial charge is 0.147 e. The summed E-state index contributed by atoms with van der Waals surface area (Å²) in [5, 5.41) is 4.46. The highest BCUT2D eigenvalue weighted by Gasteiger charge is 2.43. The zero-order valence-electron chi connectivity index (χ0n) is 15.0. The van der Waals surface area contributed by atoms with Crippen molar-refractivity contribution in [2.75, 3.05) is 26.3 Å². The summed E-state index contributed by atoms with van der Waals surface area (Å²) >= 11 is 0. The molecule has 0 N–H and O–H groups in total. The normalized spacial score (nSPS) is 27.8. The summed E-state index contributed by atoms with van der Waals surface area (Å²) in [5.41, 5.74) is -0.225. The Kier molecular flexibility index (Phi) is 4.62. The first kappa shape index (κ1) is 16.8. The van der Waals surface area contributed by atoms with Crippen LogP contribution < -0.4 is 0 Å². The molecule has 0 bridgehead atoms. The molecule has 7 heteroatoms. The van der Waals surface area contributed by atoms with Crippen LogP contribution in [0.3, 0.4) is 0 Å². The Balaban J connectivity index is 1.41. The molecule has 2 atom stereocenters. The summed E-state index contributed by atoms with van der Waals surface area (Å²) < 4.78 is 19.8. The van der Waals surface area contributed by atoms with Gasteiger partial charge in [-0.3, -0.25) is 4.90 Å². The number of hydrogen-bond acceptors (Lipinski definition) is 6. The van der Waals surface area contributed by atoms with Crippen molar-refractivity contribution < 1.29 is 13.9 Å². The van der Waals surface area contributed by atoms with Crippen molar-refractivity contribution in [3.05, 3.63) is 35.8 Å². The fourth-order valence-electron chi connectivity index (χ4n) is 3.92. The Morgan fingerprint density at radius 2 is 2.28 bits per heavy atom. The van der Waals surface area contributed by atoms with E-state index in [1.807, 2.05) is 30.7 Å². The molecule has 0 aromatic carbocycles. The van der Waals surface area contributed by atoms with Crippen molar-refractivity contribution >= 4 is 0 Å². The van der Waals surface area contributed by atoms with Crippen molar-refractivity contribution in [3.63, 3.8) is 0 Å². The first-order valence-electron chi connectivity index (χ1n) is 9.00. The summed E-state index contributed by atoms with van der Waals surface area (Å²) in [7, 11) is 0. The van der Waals surface area contributed by atoms with E-state index in [0.717, 1.165) is 63.0 Å². The molecule has 2 saturated heterocycles. The quantitative estimate of drug-likeness (QED) is 0.843. The number of aromatic nitrogens is 3. The molecule has 136 valence electrons. The minimum atomic E-state index is -0.225. The van der Waals surface area contributed by atoms with Crippen LogP contribution in [-0.4, -0.2) is 57.7 Å². The number of aryl methyl sites for hydroxylation is 2. The highest BCUT2D eigenvalue weighted by molar-refractivity contribution is 5.00. The molecule has 0 radical (unpaired) electrons. The van der Waals surface area contributed by atoms with E-state index in [9.17, 15) is 0 Å². The molecule has 4 heterocycles. The lowest BCUT2D eigenvalue weighted by atomic mass is 10.00. The van der Waals surface area contributed by atoms with E-state index in [1.54, 1.807) is 6.26 Å². The van der Waals surface area contributed by atoms with Crippen LogP contribution in [0.1, 0.15) is 30.3 Å². The largest absolute Gasteiger partial charge is 0.468 e. The Morgan fingerprint density at radius 1 is 1.36 bits per heavy atom. The number of furan rings is 1. The van der Waals surface area contributed by atoms with Crippen LogP contribution in [0.5, 0.6) is 0 Å². The van der Waals surface area contributed by atoms with Crippen LogP contribution in [0.4, 0.5) is 0 Å². The molecule has 7 nitrogen and oxygen atoms in total. The van der Waals surface area contributed by atoms with Crippen molar-refractivity contribution in [2.24, 2.45) is 0 Å². The maximum Gasteiger partial charge on any atom is 0.147 e. The van der Waals surface area contributed by atoms with Crippen molar-refractivity contribution in [2.45, 2.75) is 51.5 Å². The SMILES string of the molecule is Cc1nc(C)n(C[C@H]2CC[C@]3(COCCN(Cc4ccco4)C3)O2)n1. The third-order valence-corrected chi connectivity index (χ3v) is 5.07. The number of hydrogen-bond donors (Lipinski definition) is 0. The molecular formula is C18H26N4O3. The molecule has 0 amide bonds. The number of nitrogens with zero attached hydrogens (tertiary/aromatic N) is 4. The molecule has 2 aliphatic rings. The van der Waals surface area contributed by atoms with Gasteiger partial charge >= 0.3 is 0 Å². The average molecular weight is 346 g/mol. The number of rotatable bonds is 4. The zero-order valence-corrected chi connectivity index (χ0v) is 15.0. The van der Waals surface area contributed by atoms with E-state index < -0.39 is 0 Å². The van der Waals surface area contributed by atoms with Gasteiger partial charge in [-0.2, -0.15) is 5.10 Å². The Bertz CT molecular complexity index is 699. The van der Waals surface area contributed by atoms with E-state index in [4.69, 9.17) is 13.9 Å². The molecule has 2 aromatic heterocycles. The van der Waals surface area contributed by atoms with Crippen molar-refractivity contribution in [1.82, 2.24) is 19.7 Å². The molecule has 2 aromatic rings. The van der Waals surface area contributed by atoms with Gasteiger partial charge in [-0.15, -0.1) is 0 Å². The lowest BCUT2D eigenvalue weighted by Gasteiger charge is -2.31. The Hall–Kier alpha value is -1.70. The fraction of sp³-hybridized carbons (Fsp3) is 0.667. The van der Waals surface area contributed by atoms with Crippen LogP contribution in [0.15, 0.2) is 22.8 Å². The van der Waals surface area contributed by atoms with Crippen LogP contribution in [0.2, 0.25) is 0 Å². The van der Waals surface area contributed by atoms with Crippen molar-refractivity contribution in [1.29, 1.82) is 0 Å². The van der Waals surface area contributed by atoms with Crippen LogP contribution in [0.25, 0.3) is 0 Å². The summed E-state index contributed by atoms with van der Waals surface area (Å²) in [6, 6.07) is 3.95. The fourth-order valence-corrected chi connectivity index (χ4v) is 3.92. The van der Waals surface area contributed by atoms with E-state index in [2.05, 4.69) is 15.0 Å². The van der Waals surface area contributed by atoms with Gasteiger partial charge in [0.2, 0.25) is 0 Å². The van der Waals surface area contributed by atoms with E-state index in [1.165, 1.54) is 0 Å². The third-order valence-electron chi connectivity index (χ3n) is 5.07. The van der Waals surface area contributed by atoms with Gasteiger partial charge < -0.3 is 13.9 Å². The van der Waals surface area contributed by atoms with Crippen molar-refractivity contribution in [3.8, 4) is 0 Å². The standard InChI is InChI=1S/C18H26N4O3/c1-14-19-15(2)22(20-14)11-17-5-6-18(25-17)12-21(7-9-23-13-18)10-16-4-3-8-24-16/h3-4,8,17H,5-7,9-13H2,1-2H3/t17-,18+/m1/s1. The highest BCUT2D eigenvalue weighted by atomic mass is 16.6. The van der Waals surface area contributed by atoms with Gasteiger partial charge in [0.15, 0.2) is 0 Å². The van der Waals surface area contributed by atoms with E-state index >= 15 is 0 Å². The van der Waals surface area contributed by atoms with Gasteiger partial charge in [0, 0.05) is 13.1 Å². The topological polar surface area (TPSA) is 65.5 Å². The van der Waals surface area contributed by atoms with Gasteiger partial charge in [-0.25, -0.2) is 9.67 Å². The maximum atomic E-state index is 6.50. The molecule has 2 fully saturated rings. The Morgan fingerprint density at radius 3 is 3.04 bits per heavy atom. The second kappa shape index (κ2) is 6.90. The molecule has 4 rings (SSSR count). The monoisotopic (exact) mass is 346 g/mol. The molecule has 0 saturated carbocycles. The molecule has 0 aliphatic carbocycles. The zero-order chi connectivity index (χ0) is 17.3. The second-order valence-corrected chi connectivity index (χ2v) is 7.19. The predicted octanol–water partition coefficient (Wildman–Crippen LogP) is 1.94. The minimum Gasteiger partial charge on any atom is -0.468 e. The average Bonchev–Trinajstić information content (AvgIpc) is 3.24. The molecular weight excluding hydrogens is 320 g/mol. The van der Waals surface area contributed by atoms with Crippen LogP contribution in [0, 0.1) is 13.8 Å². The van der Waals surface area contributed by atoms with Gasteiger partial charge in [-0.1, -0.05) is 0 Å². The van der Waals surface area contributed by atoms with E-state index in [-0.39, 0.29) is 11.7 Å². The summed E-state index contributed by atoms with van der Waals surface area (Å²) in [5.74, 6) is 2.74. The molecule has 25 heavy (non-hydrogen) atoms. The van der Waals surface area contributed by atoms with Crippen LogP contribution in [-0.2, 0) is 22.6 Å². The summed E-state index contributed by atoms with van der Waals surface area (Å²) in [6.07, 6.45) is 3.92. The highest BCUT2D eigenvalue weighted by Crippen LogP contribution is 2.34. The molecule has 1 spiro atoms. The van der Waals surface area contributed by atoms with Gasteiger partial charge in [-0.05, 0) is 38.8 Å². The first-order valence-corrected chi connectivity index (χ1v) is 9.00. The molecule has 2 aliphatic heterocycles. The Labute approximate surface area is 147 Å². The van der Waals surface area contributed by atoms with Gasteiger partial charge in [0.05, 0.1) is 38.7 Å². The van der Waals surface area contributed by atoms with Gasteiger partial charge in [0.1, 0.15) is 23.0 Å². The third kappa shape index (κ3) is 3.78. The lowest BCUT2D eigenvalue weighted by Crippen LogP contribution is -2.44. The lowest BCUT2D eigenvalue weighted by molar-refractivity contribution is -0.0908.